The zero-order valence-corrected chi connectivity index (χ0v) is 23.2. The van der Waals surface area contributed by atoms with Crippen LogP contribution in [-0.4, -0.2) is 50.9 Å². The summed E-state index contributed by atoms with van der Waals surface area (Å²) in [7, 11) is -2.59. The normalized spacial score (nSPS) is 12.1. The van der Waals surface area contributed by atoms with E-state index in [1.807, 2.05) is 45.0 Å². The number of rotatable bonds is 11. The van der Waals surface area contributed by atoms with Crippen LogP contribution < -0.4 is 14.4 Å². The van der Waals surface area contributed by atoms with Gasteiger partial charge in [-0.05, 0) is 75.2 Å². The molecule has 9 heteroatoms. The van der Waals surface area contributed by atoms with Gasteiger partial charge in [-0.15, -0.1) is 0 Å². The average molecular weight is 538 g/mol. The fraction of sp³-hybridized carbons (Fsp3) is 0.310. The third-order valence-electron chi connectivity index (χ3n) is 6.17. The molecule has 38 heavy (non-hydrogen) atoms. The zero-order valence-electron chi connectivity index (χ0n) is 22.4. The van der Waals surface area contributed by atoms with Gasteiger partial charge >= 0.3 is 0 Å². The van der Waals surface area contributed by atoms with Gasteiger partial charge in [-0.3, -0.25) is 13.9 Å². The van der Waals surface area contributed by atoms with Crippen molar-refractivity contribution in [3.8, 4) is 5.75 Å². The molecular formula is C29H35N3O5S. The number of sulfonamides is 1. The maximum absolute atomic E-state index is 13.9. The first-order valence-corrected chi connectivity index (χ1v) is 13.8. The Morgan fingerprint density at radius 2 is 1.50 bits per heavy atom. The van der Waals surface area contributed by atoms with Crippen molar-refractivity contribution in [3.05, 3.63) is 90.0 Å². The number of methoxy groups -OCH3 is 1. The summed E-state index contributed by atoms with van der Waals surface area (Å²) in [4.78, 5) is 28.3. The third-order valence-corrected chi connectivity index (χ3v) is 7.96. The van der Waals surface area contributed by atoms with Crippen LogP contribution in [0.1, 0.15) is 31.9 Å². The van der Waals surface area contributed by atoms with Gasteiger partial charge in [0.15, 0.2) is 0 Å². The standard InChI is InChI=1S/C29H35N3O5S/c1-21(2)30-29(34)23(4)31(19-24-12-10-9-11-22(24)3)28(33)20-32(25-15-17-26(37-5)18-16-25)38(35,36)27-13-7-6-8-14-27/h6-18,21,23H,19-20H2,1-5H3,(H,30,34). The maximum Gasteiger partial charge on any atom is 0.264 e. The molecule has 1 N–H and O–H groups in total. The molecule has 3 aromatic rings. The number of hydrogen-bond donors (Lipinski definition) is 1. The van der Waals surface area contributed by atoms with E-state index < -0.39 is 28.5 Å². The molecular weight excluding hydrogens is 502 g/mol. The van der Waals surface area contributed by atoms with Crippen LogP contribution in [0.4, 0.5) is 5.69 Å². The zero-order chi connectivity index (χ0) is 27.9. The molecule has 0 spiro atoms. The lowest BCUT2D eigenvalue weighted by Gasteiger charge is -2.32. The lowest BCUT2D eigenvalue weighted by molar-refractivity contribution is -0.139. The van der Waals surface area contributed by atoms with E-state index in [9.17, 15) is 18.0 Å². The van der Waals surface area contributed by atoms with Crippen LogP contribution in [0.25, 0.3) is 0 Å². The minimum atomic E-state index is -4.10. The fourth-order valence-corrected chi connectivity index (χ4v) is 5.39. The Morgan fingerprint density at radius 3 is 2.08 bits per heavy atom. The first kappa shape index (κ1) is 28.7. The highest BCUT2D eigenvalue weighted by atomic mass is 32.2. The Bertz CT molecular complexity index is 1340. The number of ether oxygens (including phenoxy) is 1. The Hall–Kier alpha value is -3.85. The van der Waals surface area contributed by atoms with E-state index in [1.54, 1.807) is 49.4 Å². The van der Waals surface area contributed by atoms with Gasteiger partial charge in [0.2, 0.25) is 11.8 Å². The van der Waals surface area contributed by atoms with Crippen molar-refractivity contribution in [2.75, 3.05) is 18.0 Å². The van der Waals surface area contributed by atoms with Crippen LogP contribution in [0.3, 0.4) is 0 Å². The number of hydrogen-bond acceptors (Lipinski definition) is 5. The molecule has 3 rings (SSSR count). The number of aryl methyl sites for hydroxylation is 1. The molecule has 0 saturated heterocycles. The number of nitrogens with one attached hydrogen (secondary N) is 1. The molecule has 1 unspecified atom stereocenters. The number of benzene rings is 3. The van der Waals surface area contributed by atoms with E-state index in [0.717, 1.165) is 15.4 Å². The van der Waals surface area contributed by atoms with Crippen LogP contribution in [0.15, 0.2) is 83.8 Å². The van der Waals surface area contributed by atoms with Gasteiger partial charge < -0.3 is 15.0 Å². The second-order valence-corrected chi connectivity index (χ2v) is 11.2. The third kappa shape index (κ3) is 6.92. The van der Waals surface area contributed by atoms with Gasteiger partial charge in [0.25, 0.3) is 10.0 Å². The van der Waals surface area contributed by atoms with Crippen molar-refractivity contribution in [3.63, 3.8) is 0 Å². The highest BCUT2D eigenvalue weighted by Gasteiger charge is 2.32. The summed E-state index contributed by atoms with van der Waals surface area (Å²) in [6, 6.07) is 21.1. The molecule has 0 heterocycles. The van der Waals surface area contributed by atoms with Crippen molar-refractivity contribution in [2.45, 2.75) is 51.2 Å². The lowest BCUT2D eigenvalue weighted by atomic mass is 10.1. The number of nitrogens with zero attached hydrogens (tertiary/aromatic N) is 2. The molecule has 0 aromatic heterocycles. The van der Waals surface area contributed by atoms with E-state index in [-0.39, 0.29) is 23.4 Å². The summed E-state index contributed by atoms with van der Waals surface area (Å²) in [5.41, 5.74) is 2.13. The van der Waals surface area contributed by atoms with Gasteiger partial charge in [0, 0.05) is 12.6 Å². The maximum atomic E-state index is 13.9. The van der Waals surface area contributed by atoms with Gasteiger partial charge in [-0.25, -0.2) is 8.42 Å². The van der Waals surface area contributed by atoms with E-state index in [1.165, 1.54) is 24.1 Å². The molecule has 8 nitrogen and oxygen atoms in total. The number of amides is 2. The second kappa shape index (κ2) is 12.6. The lowest BCUT2D eigenvalue weighted by Crippen LogP contribution is -2.52. The molecule has 2 amide bonds. The largest absolute Gasteiger partial charge is 0.497 e. The van der Waals surface area contributed by atoms with Crippen molar-refractivity contribution < 1.29 is 22.7 Å². The Morgan fingerprint density at radius 1 is 0.895 bits per heavy atom. The van der Waals surface area contributed by atoms with E-state index in [0.29, 0.717) is 11.4 Å². The second-order valence-electron chi connectivity index (χ2n) is 9.31. The fourth-order valence-electron chi connectivity index (χ4n) is 3.96. The SMILES string of the molecule is COc1ccc(N(CC(=O)N(Cc2ccccc2C)C(C)C(=O)NC(C)C)S(=O)(=O)c2ccccc2)cc1. The smallest absolute Gasteiger partial charge is 0.264 e. The molecule has 0 aliphatic rings. The number of anilines is 1. The Kier molecular flexibility index (Phi) is 9.52. The monoisotopic (exact) mass is 537 g/mol. The van der Waals surface area contributed by atoms with Gasteiger partial charge in [-0.1, -0.05) is 42.5 Å². The van der Waals surface area contributed by atoms with E-state index in [2.05, 4.69) is 5.32 Å². The summed E-state index contributed by atoms with van der Waals surface area (Å²) in [6.45, 7) is 6.93. The minimum absolute atomic E-state index is 0.0553. The van der Waals surface area contributed by atoms with Crippen LogP contribution >= 0.6 is 0 Å². The van der Waals surface area contributed by atoms with Crippen LogP contribution in [-0.2, 0) is 26.2 Å². The first-order valence-electron chi connectivity index (χ1n) is 12.4. The highest BCUT2D eigenvalue weighted by Crippen LogP contribution is 2.26. The highest BCUT2D eigenvalue weighted by molar-refractivity contribution is 7.92. The summed E-state index contributed by atoms with van der Waals surface area (Å²) in [5.74, 6) is -0.267. The van der Waals surface area contributed by atoms with Crippen molar-refractivity contribution >= 4 is 27.5 Å². The van der Waals surface area contributed by atoms with Crippen molar-refractivity contribution in [1.29, 1.82) is 0 Å². The summed E-state index contributed by atoms with van der Waals surface area (Å²) in [5, 5.41) is 2.85. The molecule has 0 fully saturated rings. The van der Waals surface area contributed by atoms with E-state index in [4.69, 9.17) is 4.74 Å². The average Bonchev–Trinajstić information content (AvgIpc) is 2.91. The molecule has 1 atom stereocenters. The topological polar surface area (TPSA) is 96.0 Å². The van der Waals surface area contributed by atoms with Crippen molar-refractivity contribution in [2.24, 2.45) is 0 Å². The molecule has 0 radical (unpaired) electrons. The van der Waals surface area contributed by atoms with Gasteiger partial charge in [0.1, 0.15) is 18.3 Å². The Labute approximate surface area is 225 Å². The van der Waals surface area contributed by atoms with Crippen molar-refractivity contribution in [1.82, 2.24) is 10.2 Å². The van der Waals surface area contributed by atoms with Crippen LogP contribution in [0.5, 0.6) is 5.75 Å². The molecule has 202 valence electrons. The van der Waals surface area contributed by atoms with Crippen LogP contribution in [0, 0.1) is 6.92 Å². The summed E-state index contributed by atoms with van der Waals surface area (Å²) < 4.78 is 33.8. The minimum Gasteiger partial charge on any atom is -0.497 e. The van der Waals surface area contributed by atoms with E-state index >= 15 is 0 Å². The van der Waals surface area contributed by atoms with Gasteiger partial charge in [-0.2, -0.15) is 0 Å². The predicted molar refractivity (Wildman–Crippen MR) is 148 cm³/mol. The number of carbonyl (C=O) groups is 2. The molecule has 0 aliphatic heterocycles. The molecule has 0 saturated carbocycles. The molecule has 0 bridgehead atoms. The predicted octanol–water partition coefficient (Wildman–Crippen LogP) is 4.14. The number of carbonyl (C=O) groups excluding carboxylic acids is 2. The van der Waals surface area contributed by atoms with Crippen LogP contribution in [0.2, 0.25) is 0 Å². The van der Waals surface area contributed by atoms with Gasteiger partial charge in [0.05, 0.1) is 17.7 Å². The quantitative estimate of drug-likeness (QED) is 0.397. The summed E-state index contributed by atoms with van der Waals surface area (Å²) >= 11 is 0. The first-order chi connectivity index (χ1) is 18.0. The Balaban J connectivity index is 2.03. The molecule has 3 aromatic carbocycles. The summed E-state index contributed by atoms with van der Waals surface area (Å²) in [6.07, 6.45) is 0. The molecule has 0 aliphatic carbocycles.